The molecule has 4 aromatic rings. The third kappa shape index (κ3) is 4.80. The molecule has 2 aromatic carbocycles. The predicted molar refractivity (Wildman–Crippen MR) is 120 cm³/mol. The maximum absolute atomic E-state index is 11.0. The molecule has 0 fully saturated rings. The van der Waals surface area contributed by atoms with Gasteiger partial charge in [-0.05, 0) is 41.5 Å². The molecule has 31 heavy (non-hydrogen) atoms. The Balaban J connectivity index is 0.000000858. The molecule has 1 amide bonds. The first kappa shape index (κ1) is 21.4. The molecule has 0 spiro atoms. The van der Waals surface area contributed by atoms with E-state index in [1.165, 1.54) is 12.4 Å². The molecule has 0 saturated heterocycles. The van der Waals surface area contributed by atoms with Crippen LogP contribution < -0.4 is 11.5 Å². The summed E-state index contributed by atoms with van der Waals surface area (Å²) < 4.78 is 1.94. The number of benzene rings is 2. The van der Waals surface area contributed by atoms with Crippen LogP contribution in [-0.2, 0) is 4.79 Å². The highest BCUT2D eigenvalue weighted by molar-refractivity contribution is 6.30. The van der Waals surface area contributed by atoms with Gasteiger partial charge >= 0.3 is 0 Å². The average Bonchev–Trinajstić information content (AvgIpc) is 3.15. The number of hydrogen-bond donors (Lipinski definition) is 3. The Morgan fingerprint density at radius 2 is 1.90 bits per heavy atom. The van der Waals surface area contributed by atoms with Crippen LogP contribution in [0.4, 0.5) is 5.82 Å². The smallest absolute Gasteiger partial charge is 0.283 e. The number of amides is 1. The third-order valence-electron chi connectivity index (χ3n) is 4.36. The second kappa shape index (κ2) is 9.43. The predicted octanol–water partition coefficient (Wildman–Crippen LogP) is 3.66. The molecular weight excluding hydrogens is 416 g/mol. The molecular formula is C22H17ClN6O2. The average molecular weight is 433 g/mol. The molecule has 0 saturated carbocycles. The summed E-state index contributed by atoms with van der Waals surface area (Å²) in [5, 5.41) is 15.2. The van der Waals surface area contributed by atoms with E-state index in [1.54, 1.807) is 6.08 Å². The van der Waals surface area contributed by atoms with Crippen molar-refractivity contribution >= 4 is 40.4 Å². The van der Waals surface area contributed by atoms with E-state index >= 15 is 0 Å². The maximum Gasteiger partial charge on any atom is 0.283 e. The summed E-state index contributed by atoms with van der Waals surface area (Å²) in [6.07, 6.45) is 7.15. The van der Waals surface area contributed by atoms with Gasteiger partial charge in [-0.2, -0.15) is 5.26 Å². The summed E-state index contributed by atoms with van der Waals surface area (Å²) in [6, 6.07) is 15.2. The van der Waals surface area contributed by atoms with Crippen LogP contribution in [0, 0.1) is 11.5 Å². The summed E-state index contributed by atoms with van der Waals surface area (Å²) in [7, 11) is 0. The number of rotatable bonds is 4. The van der Waals surface area contributed by atoms with Crippen LogP contribution in [0.3, 0.4) is 0 Å². The summed E-state index contributed by atoms with van der Waals surface area (Å²) in [5.41, 5.74) is 15.6. The van der Waals surface area contributed by atoms with E-state index in [1.807, 2.05) is 59.3 Å². The fourth-order valence-electron chi connectivity index (χ4n) is 3.09. The number of aliphatic hydroxyl groups excluding tert-OH is 1. The molecule has 0 aliphatic heterocycles. The van der Waals surface area contributed by atoms with Gasteiger partial charge in [-0.3, -0.25) is 4.79 Å². The number of carbonyl (C=O) groups is 1. The number of nitriles is 1. The number of aliphatic hydroxyl groups is 1. The minimum atomic E-state index is -0.498. The molecule has 0 aliphatic carbocycles. The molecule has 2 heterocycles. The third-order valence-corrected chi connectivity index (χ3v) is 4.61. The highest BCUT2D eigenvalue weighted by Crippen LogP contribution is 2.34. The van der Waals surface area contributed by atoms with Crippen LogP contribution >= 0.6 is 11.6 Å². The molecule has 0 unspecified atom stereocenters. The molecule has 154 valence electrons. The lowest BCUT2D eigenvalue weighted by molar-refractivity contribution is -0.113. The van der Waals surface area contributed by atoms with E-state index in [-0.39, 0.29) is 0 Å². The zero-order valence-corrected chi connectivity index (χ0v) is 16.9. The standard InChI is InChI=1S/C21H16ClN5O.CHNO/c22-15-7-5-14(6-8-15)17-11-27(21-19(17)20(24)25-12-26-21)16-3-1-2-13(10-16)4-9-18(23)28;2-1-3/h1-12H,(H2,23,28)(H2,24,25,26);3H/b9-4+;. The highest BCUT2D eigenvalue weighted by atomic mass is 35.5. The molecule has 5 N–H and O–H groups in total. The number of hydrogen-bond acceptors (Lipinski definition) is 6. The van der Waals surface area contributed by atoms with Gasteiger partial charge in [0.05, 0.1) is 5.39 Å². The minimum absolute atomic E-state index is 0.401. The Kier molecular flexibility index (Phi) is 6.50. The Morgan fingerprint density at radius 1 is 1.19 bits per heavy atom. The Hall–Kier alpha value is -4.35. The Bertz CT molecular complexity index is 1310. The van der Waals surface area contributed by atoms with Gasteiger partial charge in [-0.1, -0.05) is 35.9 Å². The van der Waals surface area contributed by atoms with Gasteiger partial charge in [0.15, 0.2) is 5.65 Å². The van der Waals surface area contributed by atoms with Crippen molar-refractivity contribution in [2.45, 2.75) is 0 Å². The fraction of sp³-hybridized carbons (Fsp3) is 0. The first-order chi connectivity index (χ1) is 14.9. The minimum Gasteiger partial charge on any atom is -0.443 e. The lowest BCUT2D eigenvalue weighted by Crippen LogP contribution is -2.05. The number of aromatic nitrogens is 3. The van der Waals surface area contributed by atoms with Crippen LogP contribution in [0.2, 0.25) is 5.02 Å². The number of anilines is 1. The molecule has 2 aromatic heterocycles. The number of halogens is 1. The highest BCUT2D eigenvalue weighted by Gasteiger charge is 2.16. The second-order valence-electron chi connectivity index (χ2n) is 6.31. The fourth-order valence-corrected chi connectivity index (χ4v) is 3.21. The summed E-state index contributed by atoms with van der Waals surface area (Å²) in [5.74, 6) is -0.0964. The molecule has 4 rings (SSSR count). The van der Waals surface area contributed by atoms with E-state index in [4.69, 9.17) is 33.4 Å². The van der Waals surface area contributed by atoms with E-state index < -0.39 is 5.91 Å². The normalized spacial score (nSPS) is 10.5. The van der Waals surface area contributed by atoms with Gasteiger partial charge in [-0.25, -0.2) is 9.97 Å². The quantitative estimate of drug-likeness (QED) is 0.331. The van der Waals surface area contributed by atoms with Crippen molar-refractivity contribution in [3.05, 3.63) is 77.7 Å². The van der Waals surface area contributed by atoms with Crippen molar-refractivity contribution in [2.75, 3.05) is 5.73 Å². The number of nitrogen functional groups attached to an aromatic ring is 1. The van der Waals surface area contributed by atoms with Crippen molar-refractivity contribution in [3.8, 4) is 23.1 Å². The van der Waals surface area contributed by atoms with Crippen molar-refractivity contribution in [3.63, 3.8) is 0 Å². The molecule has 0 atom stereocenters. The van der Waals surface area contributed by atoms with Crippen LogP contribution in [0.15, 0.2) is 67.1 Å². The summed E-state index contributed by atoms with van der Waals surface area (Å²) >= 11 is 6.03. The van der Waals surface area contributed by atoms with Crippen molar-refractivity contribution in [1.82, 2.24) is 14.5 Å². The van der Waals surface area contributed by atoms with Gasteiger partial charge in [0, 0.05) is 28.5 Å². The molecule has 0 radical (unpaired) electrons. The largest absolute Gasteiger partial charge is 0.443 e. The molecule has 0 bridgehead atoms. The van der Waals surface area contributed by atoms with Crippen molar-refractivity contribution in [2.24, 2.45) is 5.73 Å². The van der Waals surface area contributed by atoms with E-state index in [2.05, 4.69) is 9.97 Å². The first-order valence-electron chi connectivity index (χ1n) is 8.93. The lowest BCUT2D eigenvalue weighted by atomic mass is 10.1. The number of carbonyl (C=O) groups excluding carboxylic acids is 1. The molecule has 8 nitrogen and oxygen atoms in total. The monoisotopic (exact) mass is 432 g/mol. The maximum atomic E-state index is 11.0. The van der Waals surface area contributed by atoms with E-state index in [0.717, 1.165) is 34.0 Å². The van der Waals surface area contributed by atoms with Crippen molar-refractivity contribution < 1.29 is 9.90 Å². The van der Waals surface area contributed by atoms with Gasteiger partial charge in [0.25, 0.3) is 6.26 Å². The molecule has 9 heteroatoms. The van der Waals surface area contributed by atoms with Crippen molar-refractivity contribution in [1.29, 1.82) is 5.26 Å². The van der Waals surface area contributed by atoms with Crippen LogP contribution in [-0.4, -0.2) is 25.5 Å². The van der Waals surface area contributed by atoms with Crippen LogP contribution in [0.1, 0.15) is 5.56 Å². The van der Waals surface area contributed by atoms with Crippen LogP contribution in [0.25, 0.3) is 33.9 Å². The number of fused-ring (bicyclic) bond motifs is 1. The summed E-state index contributed by atoms with van der Waals surface area (Å²) in [4.78, 5) is 19.6. The van der Waals surface area contributed by atoms with Gasteiger partial charge in [0.2, 0.25) is 5.91 Å². The van der Waals surface area contributed by atoms with Crippen LogP contribution in [0.5, 0.6) is 0 Å². The van der Waals surface area contributed by atoms with E-state index in [9.17, 15) is 4.79 Å². The van der Waals surface area contributed by atoms with Gasteiger partial charge < -0.3 is 21.1 Å². The van der Waals surface area contributed by atoms with Gasteiger partial charge in [-0.15, -0.1) is 0 Å². The Morgan fingerprint density at radius 3 is 2.58 bits per heavy atom. The summed E-state index contributed by atoms with van der Waals surface area (Å²) in [6.45, 7) is 0. The lowest BCUT2D eigenvalue weighted by Gasteiger charge is -2.06. The SMILES string of the molecule is N#CO.NC(=O)/C=C/c1cccc(-n2cc(-c3ccc(Cl)cc3)c3c(N)ncnc32)c1. The number of nitrogens with zero attached hydrogens (tertiary/aromatic N) is 4. The second-order valence-corrected chi connectivity index (χ2v) is 6.74. The number of primary amides is 1. The zero-order chi connectivity index (χ0) is 22.4. The zero-order valence-electron chi connectivity index (χ0n) is 16.1. The van der Waals surface area contributed by atoms with Gasteiger partial charge in [0.1, 0.15) is 12.1 Å². The number of nitrogens with two attached hydrogens (primary N) is 2. The molecule has 0 aliphatic rings. The van der Waals surface area contributed by atoms with E-state index in [0.29, 0.717) is 16.5 Å². The first-order valence-corrected chi connectivity index (χ1v) is 9.31. The topological polar surface area (TPSA) is 144 Å². The Labute approximate surface area is 182 Å².